The number of anilines is 1. The maximum atomic E-state index is 12.0. The molecule has 1 unspecified atom stereocenters. The molecule has 2 aliphatic rings. The SMILES string of the molecule is CN1CCN(c2ccc(CNC(=O)CC3COCCN3)cn2)CC1. The van der Waals surface area contributed by atoms with Crippen LogP contribution < -0.4 is 15.5 Å². The molecule has 2 fully saturated rings. The number of piperazine rings is 1. The number of hydrogen-bond donors (Lipinski definition) is 2. The summed E-state index contributed by atoms with van der Waals surface area (Å²) in [6, 6.07) is 4.21. The van der Waals surface area contributed by atoms with Crippen molar-refractivity contribution in [2.24, 2.45) is 0 Å². The summed E-state index contributed by atoms with van der Waals surface area (Å²) >= 11 is 0. The Bertz CT molecular complexity index is 522. The first-order valence-corrected chi connectivity index (χ1v) is 8.67. The zero-order valence-electron chi connectivity index (χ0n) is 14.3. The standard InChI is InChI=1S/C17H27N5O2/c1-21-5-7-22(8-6-21)16-3-2-14(11-19-16)12-20-17(23)10-15-13-24-9-4-18-15/h2-3,11,15,18H,4-10,12-13H2,1H3,(H,20,23). The van der Waals surface area contributed by atoms with Crippen molar-refractivity contribution in [3.8, 4) is 0 Å². The van der Waals surface area contributed by atoms with Crippen LogP contribution in [0.1, 0.15) is 12.0 Å². The van der Waals surface area contributed by atoms with Gasteiger partial charge in [-0.3, -0.25) is 4.79 Å². The monoisotopic (exact) mass is 333 g/mol. The highest BCUT2D eigenvalue weighted by Gasteiger charge is 2.17. The molecule has 3 heterocycles. The first kappa shape index (κ1) is 17.1. The van der Waals surface area contributed by atoms with Crippen LogP contribution in [0.3, 0.4) is 0 Å². The van der Waals surface area contributed by atoms with E-state index in [1.807, 2.05) is 18.3 Å². The van der Waals surface area contributed by atoms with E-state index in [0.29, 0.717) is 19.6 Å². The Kier molecular flexibility index (Phi) is 6.01. The van der Waals surface area contributed by atoms with Crippen molar-refractivity contribution in [3.63, 3.8) is 0 Å². The second-order valence-corrected chi connectivity index (χ2v) is 6.52. The number of aromatic nitrogens is 1. The van der Waals surface area contributed by atoms with Crippen molar-refractivity contribution in [2.45, 2.75) is 19.0 Å². The average molecular weight is 333 g/mol. The van der Waals surface area contributed by atoms with Crippen molar-refractivity contribution in [2.75, 3.05) is 57.9 Å². The summed E-state index contributed by atoms with van der Waals surface area (Å²) in [6.45, 7) is 6.82. The lowest BCUT2D eigenvalue weighted by atomic mass is 10.2. The molecule has 1 aromatic heterocycles. The van der Waals surface area contributed by atoms with Crippen molar-refractivity contribution < 1.29 is 9.53 Å². The summed E-state index contributed by atoms with van der Waals surface area (Å²) in [6.07, 6.45) is 2.31. The number of carbonyl (C=O) groups is 1. The fraction of sp³-hybridized carbons (Fsp3) is 0.647. The van der Waals surface area contributed by atoms with Crippen molar-refractivity contribution >= 4 is 11.7 Å². The number of pyridine rings is 1. The molecule has 0 spiro atoms. The molecular weight excluding hydrogens is 306 g/mol. The zero-order chi connectivity index (χ0) is 16.8. The smallest absolute Gasteiger partial charge is 0.221 e. The molecule has 24 heavy (non-hydrogen) atoms. The van der Waals surface area contributed by atoms with Gasteiger partial charge in [-0.2, -0.15) is 0 Å². The minimum Gasteiger partial charge on any atom is -0.378 e. The second kappa shape index (κ2) is 8.41. The highest BCUT2D eigenvalue weighted by atomic mass is 16.5. The molecule has 7 nitrogen and oxygen atoms in total. The summed E-state index contributed by atoms with van der Waals surface area (Å²) in [4.78, 5) is 21.2. The molecular formula is C17H27N5O2. The lowest BCUT2D eigenvalue weighted by Crippen LogP contribution is -2.44. The van der Waals surface area contributed by atoms with Gasteiger partial charge >= 0.3 is 0 Å². The van der Waals surface area contributed by atoms with Gasteiger partial charge < -0.3 is 25.2 Å². The Morgan fingerprint density at radius 3 is 2.88 bits per heavy atom. The molecule has 0 bridgehead atoms. The summed E-state index contributed by atoms with van der Waals surface area (Å²) in [5.41, 5.74) is 1.02. The molecule has 2 saturated heterocycles. The second-order valence-electron chi connectivity index (χ2n) is 6.52. The number of carbonyl (C=O) groups excluding carboxylic acids is 1. The van der Waals surface area contributed by atoms with Gasteiger partial charge in [0.2, 0.25) is 5.91 Å². The topological polar surface area (TPSA) is 69.7 Å². The molecule has 3 rings (SSSR count). The molecule has 1 aromatic rings. The van der Waals surface area contributed by atoms with Crippen molar-refractivity contribution in [3.05, 3.63) is 23.9 Å². The van der Waals surface area contributed by atoms with Crippen molar-refractivity contribution in [1.29, 1.82) is 0 Å². The predicted octanol–water partition coefficient (Wildman–Crippen LogP) is -0.172. The van der Waals surface area contributed by atoms with Crippen LogP contribution in [0, 0.1) is 0 Å². The van der Waals surface area contributed by atoms with Crippen LogP contribution in [0.5, 0.6) is 0 Å². The molecule has 0 aromatic carbocycles. The van der Waals surface area contributed by atoms with E-state index in [2.05, 4.69) is 32.5 Å². The van der Waals surface area contributed by atoms with E-state index in [9.17, 15) is 4.79 Å². The lowest BCUT2D eigenvalue weighted by molar-refractivity contribution is -0.122. The van der Waals surface area contributed by atoms with E-state index in [1.54, 1.807) is 0 Å². The number of likely N-dealkylation sites (N-methyl/N-ethyl adjacent to an activating group) is 1. The fourth-order valence-corrected chi connectivity index (χ4v) is 2.99. The highest BCUT2D eigenvalue weighted by Crippen LogP contribution is 2.13. The number of morpholine rings is 1. The molecule has 1 atom stereocenters. The van der Waals surface area contributed by atoms with Crippen LogP contribution in [0.2, 0.25) is 0 Å². The summed E-state index contributed by atoms with van der Waals surface area (Å²) in [5.74, 6) is 1.06. The van der Waals surface area contributed by atoms with E-state index in [0.717, 1.165) is 50.7 Å². The Morgan fingerprint density at radius 1 is 1.38 bits per heavy atom. The molecule has 0 aliphatic carbocycles. The largest absolute Gasteiger partial charge is 0.378 e. The summed E-state index contributed by atoms with van der Waals surface area (Å²) in [5, 5.41) is 6.24. The molecule has 0 radical (unpaired) electrons. The Hall–Kier alpha value is -1.70. The lowest BCUT2D eigenvalue weighted by Gasteiger charge is -2.33. The maximum Gasteiger partial charge on any atom is 0.221 e. The van der Waals surface area contributed by atoms with Gasteiger partial charge in [0.1, 0.15) is 5.82 Å². The van der Waals surface area contributed by atoms with Crippen LogP contribution in [-0.2, 0) is 16.1 Å². The van der Waals surface area contributed by atoms with Gasteiger partial charge in [-0.1, -0.05) is 6.07 Å². The number of hydrogen-bond acceptors (Lipinski definition) is 6. The minimum absolute atomic E-state index is 0.0427. The van der Waals surface area contributed by atoms with Gasteiger partial charge in [0.25, 0.3) is 0 Å². The van der Waals surface area contributed by atoms with Gasteiger partial charge in [0.05, 0.1) is 13.2 Å². The Balaban J connectivity index is 1.43. The number of ether oxygens (including phenoxy) is 1. The number of amides is 1. The average Bonchev–Trinajstić information content (AvgIpc) is 2.62. The number of nitrogens with one attached hydrogen (secondary N) is 2. The van der Waals surface area contributed by atoms with E-state index >= 15 is 0 Å². The molecule has 2 N–H and O–H groups in total. The van der Waals surface area contributed by atoms with E-state index in [4.69, 9.17) is 4.74 Å². The normalized spacial score (nSPS) is 22.4. The van der Waals surface area contributed by atoms with Gasteiger partial charge in [0.15, 0.2) is 0 Å². The van der Waals surface area contributed by atoms with Gasteiger partial charge in [-0.15, -0.1) is 0 Å². The van der Waals surface area contributed by atoms with Gasteiger partial charge in [-0.05, 0) is 18.7 Å². The molecule has 1 amide bonds. The molecule has 132 valence electrons. The quantitative estimate of drug-likeness (QED) is 0.780. The van der Waals surface area contributed by atoms with Gasteiger partial charge in [-0.25, -0.2) is 4.98 Å². The predicted molar refractivity (Wildman–Crippen MR) is 93.0 cm³/mol. The summed E-state index contributed by atoms with van der Waals surface area (Å²) in [7, 11) is 2.14. The van der Waals surface area contributed by atoms with Crippen LogP contribution in [0.25, 0.3) is 0 Å². The van der Waals surface area contributed by atoms with E-state index in [-0.39, 0.29) is 11.9 Å². The van der Waals surface area contributed by atoms with Crippen LogP contribution in [-0.4, -0.2) is 74.8 Å². The highest BCUT2D eigenvalue weighted by molar-refractivity contribution is 5.76. The van der Waals surface area contributed by atoms with E-state index in [1.165, 1.54) is 0 Å². The maximum absolute atomic E-state index is 12.0. The first-order chi connectivity index (χ1) is 11.7. The number of nitrogens with zero attached hydrogens (tertiary/aromatic N) is 3. The van der Waals surface area contributed by atoms with Gasteiger partial charge in [0, 0.05) is 57.9 Å². The van der Waals surface area contributed by atoms with Crippen LogP contribution in [0.15, 0.2) is 18.3 Å². The minimum atomic E-state index is 0.0427. The first-order valence-electron chi connectivity index (χ1n) is 8.67. The Morgan fingerprint density at radius 2 is 2.21 bits per heavy atom. The molecule has 0 saturated carbocycles. The molecule has 7 heteroatoms. The number of rotatable bonds is 5. The van der Waals surface area contributed by atoms with E-state index < -0.39 is 0 Å². The third kappa shape index (κ3) is 4.90. The third-order valence-electron chi connectivity index (χ3n) is 4.56. The van der Waals surface area contributed by atoms with Crippen LogP contribution >= 0.6 is 0 Å². The fourth-order valence-electron chi connectivity index (χ4n) is 2.99. The Labute approximate surface area is 143 Å². The third-order valence-corrected chi connectivity index (χ3v) is 4.56. The van der Waals surface area contributed by atoms with Crippen molar-refractivity contribution in [1.82, 2.24) is 20.5 Å². The summed E-state index contributed by atoms with van der Waals surface area (Å²) < 4.78 is 5.36. The molecule has 2 aliphatic heterocycles. The zero-order valence-corrected chi connectivity index (χ0v) is 14.3. The van der Waals surface area contributed by atoms with Crippen LogP contribution in [0.4, 0.5) is 5.82 Å².